The normalized spacial score (nSPS) is 54.9. The minimum Gasteiger partial charge on any atom is -0.322 e. The molecule has 0 amide bonds. The Morgan fingerprint density at radius 2 is 2.44 bits per heavy atom. The van der Waals surface area contributed by atoms with Crippen LogP contribution in [0.2, 0.25) is 0 Å². The van der Waals surface area contributed by atoms with E-state index in [1.54, 1.807) is 0 Å². The maximum absolute atomic E-state index is 6.06. The van der Waals surface area contributed by atoms with Crippen molar-refractivity contribution < 1.29 is 0 Å². The topological polar surface area (TPSA) is 26.0 Å². The summed E-state index contributed by atoms with van der Waals surface area (Å²) in [4.78, 5) is 0. The molecule has 1 saturated carbocycles. The summed E-state index contributed by atoms with van der Waals surface area (Å²) in [5.74, 6) is 1.53. The van der Waals surface area contributed by atoms with Gasteiger partial charge in [-0.25, -0.2) is 0 Å². The summed E-state index contributed by atoms with van der Waals surface area (Å²) in [6.45, 7) is 2.25. The molecule has 9 heavy (non-hydrogen) atoms. The second kappa shape index (κ2) is 1.40. The molecule has 0 aliphatic heterocycles. The van der Waals surface area contributed by atoms with Gasteiger partial charge in [-0.15, -0.1) is 0 Å². The van der Waals surface area contributed by atoms with Gasteiger partial charge in [-0.1, -0.05) is 19.1 Å². The molecule has 0 radical (unpaired) electrons. The average molecular weight is 123 g/mol. The minimum atomic E-state index is 0.0880. The molecule has 0 heterocycles. The van der Waals surface area contributed by atoms with Crippen LogP contribution in [-0.2, 0) is 0 Å². The predicted molar refractivity (Wildman–Crippen MR) is 37.9 cm³/mol. The van der Waals surface area contributed by atoms with Crippen molar-refractivity contribution in [1.82, 2.24) is 0 Å². The van der Waals surface area contributed by atoms with Crippen molar-refractivity contribution in [3.8, 4) is 0 Å². The molecular weight excluding hydrogens is 110 g/mol. The lowest BCUT2D eigenvalue weighted by molar-refractivity contribution is 0.418. The monoisotopic (exact) mass is 123 g/mol. The average Bonchev–Trinajstić information content (AvgIpc) is 2.22. The lowest BCUT2D eigenvalue weighted by atomic mass is 9.89. The van der Waals surface area contributed by atoms with Crippen LogP contribution in [0.4, 0.5) is 0 Å². The first-order valence-electron chi connectivity index (χ1n) is 3.69. The van der Waals surface area contributed by atoms with E-state index in [2.05, 4.69) is 19.1 Å². The highest BCUT2D eigenvalue weighted by molar-refractivity contribution is 5.22. The highest BCUT2D eigenvalue weighted by Gasteiger charge is 2.42. The van der Waals surface area contributed by atoms with E-state index in [4.69, 9.17) is 5.73 Å². The van der Waals surface area contributed by atoms with E-state index in [0.717, 1.165) is 5.92 Å². The molecule has 1 fully saturated rings. The number of rotatable bonds is 0. The maximum Gasteiger partial charge on any atom is 0.0371 e. The lowest BCUT2D eigenvalue weighted by Crippen LogP contribution is -2.38. The molecule has 0 saturated heterocycles. The Morgan fingerprint density at radius 1 is 1.67 bits per heavy atom. The molecule has 2 bridgehead atoms. The Hall–Kier alpha value is -0.300. The SMILES string of the molecule is CC1CC2C=CC1(N)C2. The molecule has 3 unspecified atom stereocenters. The fourth-order valence-corrected chi connectivity index (χ4v) is 2.11. The quantitative estimate of drug-likeness (QED) is 0.483. The molecule has 0 aromatic rings. The summed E-state index contributed by atoms with van der Waals surface area (Å²) in [5, 5.41) is 0. The first-order valence-corrected chi connectivity index (χ1v) is 3.69. The summed E-state index contributed by atoms with van der Waals surface area (Å²) in [6.07, 6.45) is 6.99. The number of hydrogen-bond acceptors (Lipinski definition) is 1. The Labute approximate surface area is 55.9 Å². The van der Waals surface area contributed by atoms with Crippen LogP contribution in [0.3, 0.4) is 0 Å². The van der Waals surface area contributed by atoms with Crippen LogP contribution in [0.1, 0.15) is 19.8 Å². The summed E-state index contributed by atoms with van der Waals surface area (Å²) >= 11 is 0. The van der Waals surface area contributed by atoms with Gasteiger partial charge in [0.25, 0.3) is 0 Å². The Bertz CT molecular complexity index is 162. The fraction of sp³-hybridized carbons (Fsp3) is 0.750. The van der Waals surface area contributed by atoms with Crippen LogP contribution in [0.15, 0.2) is 12.2 Å². The van der Waals surface area contributed by atoms with E-state index in [0.29, 0.717) is 5.92 Å². The van der Waals surface area contributed by atoms with Crippen molar-refractivity contribution in [3.05, 3.63) is 12.2 Å². The van der Waals surface area contributed by atoms with Crippen molar-refractivity contribution in [3.63, 3.8) is 0 Å². The zero-order valence-corrected chi connectivity index (χ0v) is 5.80. The van der Waals surface area contributed by atoms with Crippen molar-refractivity contribution in [2.24, 2.45) is 17.6 Å². The number of hydrogen-bond donors (Lipinski definition) is 1. The zero-order chi connectivity index (χ0) is 6.48. The summed E-state index contributed by atoms with van der Waals surface area (Å²) < 4.78 is 0. The van der Waals surface area contributed by atoms with E-state index < -0.39 is 0 Å². The number of fused-ring (bicyclic) bond motifs is 2. The number of nitrogens with two attached hydrogens (primary N) is 1. The molecule has 3 atom stereocenters. The van der Waals surface area contributed by atoms with Crippen LogP contribution in [-0.4, -0.2) is 5.54 Å². The van der Waals surface area contributed by atoms with Gasteiger partial charge in [0.05, 0.1) is 0 Å². The molecule has 1 heteroatoms. The zero-order valence-electron chi connectivity index (χ0n) is 5.80. The van der Waals surface area contributed by atoms with E-state index in [9.17, 15) is 0 Å². The third-order valence-electron chi connectivity index (χ3n) is 2.87. The van der Waals surface area contributed by atoms with Crippen LogP contribution in [0.5, 0.6) is 0 Å². The van der Waals surface area contributed by atoms with Gasteiger partial charge in [0.15, 0.2) is 0 Å². The highest BCUT2D eigenvalue weighted by Crippen LogP contribution is 2.44. The molecule has 0 spiro atoms. The van der Waals surface area contributed by atoms with Crippen molar-refractivity contribution in [2.45, 2.75) is 25.3 Å². The highest BCUT2D eigenvalue weighted by atomic mass is 14.8. The van der Waals surface area contributed by atoms with Gasteiger partial charge < -0.3 is 5.73 Å². The van der Waals surface area contributed by atoms with E-state index in [1.807, 2.05) is 0 Å². The Kier molecular flexibility index (Phi) is 0.854. The third kappa shape index (κ3) is 0.584. The van der Waals surface area contributed by atoms with E-state index in [-0.39, 0.29) is 5.54 Å². The Morgan fingerprint density at radius 3 is 2.67 bits per heavy atom. The van der Waals surface area contributed by atoms with Crippen molar-refractivity contribution >= 4 is 0 Å². The smallest absolute Gasteiger partial charge is 0.0371 e. The maximum atomic E-state index is 6.06. The van der Waals surface area contributed by atoms with Crippen LogP contribution < -0.4 is 5.73 Å². The molecule has 2 N–H and O–H groups in total. The molecule has 50 valence electrons. The summed E-state index contributed by atoms with van der Waals surface area (Å²) in [7, 11) is 0. The molecule has 2 aliphatic carbocycles. The molecule has 2 rings (SSSR count). The fourth-order valence-electron chi connectivity index (χ4n) is 2.11. The van der Waals surface area contributed by atoms with Crippen LogP contribution >= 0.6 is 0 Å². The predicted octanol–water partition coefficient (Wildman–Crippen LogP) is 1.30. The van der Waals surface area contributed by atoms with Gasteiger partial charge in [0.1, 0.15) is 0 Å². The second-order valence-corrected chi connectivity index (χ2v) is 3.57. The van der Waals surface area contributed by atoms with Gasteiger partial charge in [-0.2, -0.15) is 0 Å². The molecule has 2 aliphatic rings. The third-order valence-corrected chi connectivity index (χ3v) is 2.87. The molecule has 1 nitrogen and oxygen atoms in total. The Balaban J connectivity index is 2.33. The minimum absolute atomic E-state index is 0.0880. The van der Waals surface area contributed by atoms with Crippen LogP contribution in [0.25, 0.3) is 0 Å². The molecule has 0 aromatic heterocycles. The first-order chi connectivity index (χ1) is 4.21. The van der Waals surface area contributed by atoms with E-state index in [1.165, 1.54) is 12.8 Å². The first kappa shape index (κ1) is 5.48. The second-order valence-electron chi connectivity index (χ2n) is 3.57. The molecular formula is C8H13N. The van der Waals surface area contributed by atoms with Crippen LogP contribution in [0, 0.1) is 11.8 Å². The van der Waals surface area contributed by atoms with E-state index >= 15 is 0 Å². The summed E-state index contributed by atoms with van der Waals surface area (Å²) in [5.41, 5.74) is 6.14. The largest absolute Gasteiger partial charge is 0.322 e. The van der Waals surface area contributed by atoms with Gasteiger partial charge in [0.2, 0.25) is 0 Å². The van der Waals surface area contributed by atoms with Gasteiger partial charge in [-0.3, -0.25) is 0 Å². The standard InChI is InChI=1S/C8H13N/c1-6-4-7-2-3-8(6,9)5-7/h2-3,6-7H,4-5,9H2,1H3. The summed E-state index contributed by atoms with van der Waals surface area (Å²) in [6, 6.07) is 0. The molecule has 0 aromatic carbocycles. The van der Waals surface area contributed by atoms with Gasteiger partial charge in [-0.05, 0) is 24.7 Å². The van der Waals surface area contributed by atoms with Gasteiger partial charge in [0, 0.05) is 5.54 Å². The lowest BCUT2D eigenvalue weighted by Gasteiger charge is -2.23. The number of allylic oxidation sites excluding steroid dienone is 1. The van der Waals surface area contributed by atoms with Crippen molar-refractivity contribution in [1.29, 1.82) is 0 Å². The van der Waals surface area contributed by atoms with Crippen molar-refractivity contribution in [2.75, 3.05) is 0 Å². The van der Waals surface area contributed by atoms with Gasteiger partial charge >= 0.3 is 0 Å².